The van der Waals surface area contributed by atoms with Gasteiger partial charge in [0.1, 0.15) is 0 Å². The van der Waals surface area contributed by atoms with Crippen molar-refractivity contribution in [1.29, 1.82) is 0 Å². The molecule has 1 aliphatic heterocycles. The van der Waals surface area contributed by atoms with E-state index in [-0.39, 0.29) is 11.9 Å². The molecule has 1 aromatic carbocycles. The molecular weight excluding hydrogens is 255 g/mol. The first-order valence-electron chi connectivity index (χ1n) is 7.29. The van der Waals surface area contributed by atoms with Gasteiger partial charge in [0.2, 0.25) is 0 Å². The highest BCUT2D eigenvalue weighted by Gasteiger charge is 2.25. The molecule has 0 saturated carbocycles. The van der Waals surface area contributed by atoms with Gasteiger partial charge in [0.15, 0.2) is 11.6 Å². The van der Waals surface area contributed by atoms with Crippen LogP contribution in [0.2, 0.25) is 0 Å². The summed E-state index contributed by atoms with van der Waals surface area (Å²) in [4.78, 5) is 2.36. The molecule has 20 heavy (non-hydrogen) atoms. The topological polar surface area (TPSA) is 24.5 Å². The van der Waals surface area contributed by atoms with Gasteiger partial charge < -0.3 is 15.0 Å². The highest BCUT2D eigenvalue weighted by molar-refractivity contribution is 5.30. The summed E-state index contributed by atoms with van der Waals surface area (Å²) in [5.41, 5.74) is 0.967. The van der Waals surface area contributed by atoms with E-state index in [1.807, 2.05) is 6.07 Å². The Balaban J connectivity index is 2.01. The van der Waals surface area contributed by atoms with Gasteiger partial charge in [-0.25, -0.2) is 4.39 Å². The number of likely N-dealkylation sites (tertiary alicyclic amines) is 1. The Hall–Kier alpha value is -1.13. The van der Waals surface area contributed by atoms with Crippen LogP contribution >= 0.6 is 0 Å². The van der Waals surface area contributed by atoms with E-state index in [9.17, 15) is 4.39 Å². The maximum Gasteiger partial charge on any atom is 0.165 e. The van der Waals surface area contributed by atoms with E-state index in [2.05, 4.69) is 31.1 Å². The lowest BCUT2D eigenvalue weighted by Crippen LogP contribution is -2.47. The molecule has 3 nitrogen and oxygen atoms in total. The van der Waals surface area contributed by atoms with Crippen molar-refractivity contribution in [3.63, 3.8) is 0 Å². The lowest BCUT2D eigenvalue weighted by atomic mass is 9.93. The molecule has 1 aromatic rings. The fourth-order valence-corrected chi connectivity index (χ4v) is 2.97. The molecule has 1 N–H and O–H groups in total. The first kappa shape index (κ1) is 15.3. The van der Waals surface area contributed by atoms with Crippen molar-refractivity contribution in [3.8, 4) is 5.75 Å². The maximum absolute atomic E-state index is 13.8. The van der Waals surface area contributed by atoms with Crippen molar-refractivity contribution in [2.24, 2.45) is 5.92 Å². The number of hydrogen-bond acceptors (Lipinski definition) is 3. The van der Waals surface area contributed by atoms with Crippen molar-refractivity contribution in [3.05, 3.63) is 29.6 Å². The number of nitrogens with one attached hydrogen (secondary N) is 1. The van der Waals surface area contributed by atoms with Gasteiger partial charge in [0, 0.05) is 18.6 Å². The maximum atomic E-state index is 13.8. The molecule has 112 valence electrons. The number of hydrogen-bond donors (Lipinski definition) is 1. The molecule has 1 saturated heterocycles. The predicted molar refractivity (Wildman–Crippen MR) is 79.6 cm³/mol. The summed E-state index contributed by atoms with van der Waals surface area (Å²) in [6.45, 7) is 6.59. The summed E-state index contributed by atoms with van der Waals surface area (Å²) >= 11 is 0. The zero-order valence-electron chi connectivity index (χ0n) is 12.8. The van der Waals surface area contributed by atoms with Gasteiger partial charge in [-0.1, -0.05) is 13.0 Å². The van der Waals surface area contributed by atoms with Gasteiger partial charge >= 0.3 is 0 Å². The van der Waals surface area contributed by atoms with Gasteiger partial charge in [-0.2, -0.15) is 0 Å². The molecule has 0 spiro atoms. The van der Waals surface area contributed by atoms with Crippen LogP contribution in [0.25, 0.3) is 0 Å². The number of halogens is 1. The van der Waals surface area contributed by atoms with Gasteiger partial charge in [-0.15, -0.1) is 0 Å². The third kappa shape index (κ3) is 3.49. The fraction of sp³-hybridized carbons (Fsp3) is 0.625. The molecule has 3 unspecified atom stereocenters. The molecule has 3 atom stereocenters. The van der Waals surface area contributed by atoms with Crippen LogP contribution in [0.5, 0.6) is 5.75 Å². The highest BCUT2D eigenvalue weighted by atomic mass is 19.1. The van der Waals surface area contributed by atoms with Crippen LogP contribution in [0.3, 0.4) is 0 Å². The third-order valence-corrected chi connectivity index (χ3v) is 4.25. The van der Waals surface area contributed by atoms with Crippen molar-refractivity contribution in [2.45, 2.75) is 32.4 Å². The van der Waals surface area contributed by atoms with E-state index in [0.717, 1.165) is 25.1 Å². The lowest BCUT2D eigenvalue weighted by Gasteiger charge is -2.37. The van der Waals surface area contributed by atoms with Crippen LogP contribution in [-0.4, -0.2) is 38.2 Å². The summed E-state index contributed by atoms with van der Waals surface area (Å²) in [7, 11) is 3.65. The normalized spacial score (nSPS) is 25.4. The summed E-state index contributed by atoms with van der Waals surface area (Å²) in [5, 5.41) is 3.64. The van der Waals surface area contributed by atoms with Crippen molar-refractivity contribution >= 4 is 0 Å². The minimum Gasteiger partial charge on any atom is -0.494 e. The number of rotatable bonds is 4. The van der Waals surface area contributed by atoms with Gasteiger partial charge in [0.05, 0.1) is 7.11 Å². The standard InChI is InChI=1S/C16H25FN2O/c1-11-10-19(3)8-7-15(11)18-12(2)13-5-6-16(20-4)14(17)9-13/h5-6,9,11-12,15,18H,7-8,10H2,1-4H3. The number of nitrogens with zero attached hydrogens (tertiary/aromatic N) is 1. The van der Waals surface area contributed by atoms with E-state index in [1.54, 1.807) is 12.1 Å². The number of methoxy groups -OCH3 is 1. The van der Waals surface area contributed by atoms with Crippen LogP contribution < -0.4 is 10.1 Å². The average molecular weight is 280 g/mol. The number of ether oxygens (including phenoxy) is 1. The summed E-state index contributed by atoms with van der Waals surface area (Å²) < 4.78 is 18.7. The lowest BCUT2D eigenvalue weighted by molar-refractivity contribution is 0.168. The van der Waals surface area contributed by atoms with Crippen LogP contribution in [0.1, 0.15) is 31.9 Å². The van der Waals surface area contributed by atoms with Gasteiger partial charge in [-0.3, -0.25) is 0 Å². The van der Waals surface area contributed by atoms with Crippen molar-refractivity contribution < 1.29 is 9.13 Å². The zero-order valence-corrected chi connectivity index (χ0v) is 12.8. The minimum atomic E-state index is -0.296. The summed E-state index contributed by atoms with van der Waals surface area (Å²) in [5.74, 6) is 0.614. The van der Waals surface area contributed by atoms with Crippen molar-refractivity contribution in [1.82, 2.24) is 10.2 Å². The molecule has 0 amide bonds. The SMILES string of the molecule is COc1ccc(C(C)NC2CCN(C)CC2C)cc1F. The molecule has 1 aliphatic rings. The number of benzene rings is 1. The monoisotopic (exact) mass is 280 g/mol. The smallest absolute Gasteiger partial charge is 0.165 e. The first-order chi connectivity index (χ1) is 9.51. The van der Waals surface area contributed by atoms with Crippen LogP contribution in [0, 0.1) is 11.7 Å². The molecule has 0 aliphatic carbocycles. The Morgan fingerprint density at radius 1 is 1.45 bits per heavy atom. The Labute approximate surface area is 121 Å². The summed E-state index contributed by atoms with van der Waals surface area (Å²) in [6.07, 6.45) is 1.14. The van der Waals surface area contributed by atoms with E-state index in [4.69, 9.17) is 4.74 Å². The van der Waals surface area contributed by atoms with Crippen LogP contribution in [0.4, 0.5) is 4.39 Å². The van der Waals surface area contributed by atoms with Gasteiger partial charge in [-0.05, 0) is 50.6 Å². The summed E-state index contributed by atoms with van der Waals surface area (Å²) in [6, 6.07) is 5.83. The van der Waals surface area contributed by atoms with E-state index in [0.29, 0.717) is 17.7 Å². The van der Waals surface area contributed by atoms with Crippen LogP contribution in [0.15, 0.2) is 18.2 Å². The minimum absolute atomic E-state index is 0.145. The second-order valence-corrected chi connectivity index (χ2v) is 5.92. The third-order valence-electron chi connectivity index (χ3n) is 4.25. The quantitative estimate of drug-likeness (QED) is 0.918. The molecule has 0 bridgehead atoms. The van der Waals surface area contributed by atoms with E-state index in [1.165, 1.54) is 7.11 Å². The second-order valence-electron chi connectivity index (χ2n) is 5.92. The Bertz CT molecular complexity index is 452. The predicted octanol–water partition coefficient (Wildman–Crippen LogP) is 2.83. The zero-order chi connectivity index (χ0) is 14.7. The molecule has 0 aromatic heterocycles. The average Bonchev–Trinajstić information content (AvgIpc) is 2.41. The molecule has 4 heteroatoms. The largest absolute Gasteiger partial charge is 0.494 e. The Morgan fingerprint density at radius 3 is 2.80 bits per heavy atom. The molecule has 2 rings (SSSR count). The van der Waals surface area contributed by atoms with E-state index >= 15 is 0 Å². The Morgan fingerprint density at radius 2 is 2.20 bits per heavy atom. The molecular formula is C16H25FN2O. The molecule has 1 heterocycles. The van der Waals surface area contributed by atoms with Crippen molar-refractivity contribution in [2.75, 3.05) is 27.2 Å². The fourth-order valence-electron chi connectivity index (χ4n) is 2.97. The number of piperidine rings is 1. The Kier molecular flexibility index (Phi) is 5.00. The van der Waals surface area contributed by atoms with Crippen LogP contribution in [-0.2, 0) is 0 Å². The van der Waals surface area contributed by atoms with E-state index < -0.39 is 0 Å². The molecule has 1 fully saturated rings. The first-order valence-corrected chi connectivity index (χ1v) is 7.29. The highest BCUT2D eigenvalue weighted by Crippen LogP contribution is 2.24. The molecule has 0 radical (unpaired) electrons. The van der Waals surface area contributed by atoms with Gasteiger partial charge in [0.25, 0.3) is 0 Å². The second kappa shape index (κ2) is 6.55.